The van der Waals surface area contributed by atoms with Crippen molar-refractivity contribution >= 4 is 15.9 Å². The average Bonchev–Trinajstić information content (AvgIpc) is 2.97. The van der Waals surface area contributed by atoms with Crippen molar-refractivity contribution < 1.29 is 13.2 Å². The van der Waals surface area contributed by atoms with Crippen LogP contribution in [0.5, 0.6) is 0 Å². The van der Waals surface area contributed by atoms with Crippen molar-refractivity contribution in [2.75, 3.05) is 5.75 Å². The van der Waals surface area contributed by atoms with E-state index in [9.17, 15) is 13.2 Å². The van der Waals surface area contributed by atoms with Crippen molar-refractivity contribution in [3.05, 3.63) is 18.0 Å². The van der Waals surface area contributed by atoms with E-state index in [4.69, 9.17) is 0 Å². The summed E-state index contributed by atoms with van der Waals surface area (Å²) in [5.41, 5.74) is 0.323. The maximum absolute atomic E-state index is 12.1. The molecule has 20 heavy (non-hydrogen) atoms. The summed E-state index contributed by atoms with van der Waals surface area (Å²) in [4.78, 5) is 12.1. The topological polar surface area (TPSA) is 81.1 Å². The van der Waals surface area contributed by atoms with Crippen molar-refractivity contribution in [1.29, 1.82) is 0 Å². The minimum absolute atomic E-state index is 0.0277. The molecule has 1 aromatic heterocycles. The lowest BCUT2D eigenvalue weighted by molar-refractivity contribution is 0.0968. The average molecular weight is 299 g/mol. The van der Waals surface area contributed by atoms with Gasteiger partial charge < -0.3 is 0 Å². The number of sulfonamides is 1. The highest BCUT2D eigenvalue weighted by molar-refractivity contribution is 7.90. The summed E-state index contributed by atoms with van der Waals surface area (Å²) in [6.07, 6.45) is 5.76. The molecule has 1 N–H and O–H groups in total. The number of hydrogen-bond acceptors (Lipinski definition) is 4. The second kappa shape index (κ2) is 5.95. The summed E-state index contributed by atoms with van der Waals surface area (Å²) in [7, 11) is -3.59. The van der Waals surface area contributed by atoms with Gasteiger partial charge >= 0.3 is 0 Å². The Morgan fingerprint density at radius 2 is 2.10 bits per heavy atom. The molecule has 1 saturated carbocycles. The van der Waals surface area contributed by atoms with Gasteiger partial charge in [-0.2, -0.15) is 5.10 Å². The van der Waals surface area contributed by atoms with Gasteiger partial charge in [0.1, 0.15) is 5.69 Å². The van der Waals surface area contributed by atoms with E-state index < -0.39 is 15.9 Å². The Kier molecular flexibility index (Phi) is 4.47. The number of rotatable bonds is 5. The molecule has 7 heteroatoms. The van der Waals surface area contributed by atoms with Crippen molar-refractivity contribution in [2.45, 2.75) is 45.6 Å². The molecule has 112 valence electrons. The molecule has 6 nitrogen and oxygen atoms in total. The molecule has 0 aromatic carbocycles. The van der Waals surface area contributed by atoms with Crippen LogP contribution in [0.4, 0.5) is 0 Å². The molecule has 1 fully saturated rings. The Balaban J connectivity index is 2.12. The van der Waals surface area contributed by atoms with Gasteiger partial charge in [0.25, 0.3) is 5.91 Å². The predicted octanol–water partition coefficient (Wildman–Crippen LogP) is 1.71. The first-order valence-electron chi connectivity index (χ1n) is 6.97. The van der Waals surface area contributed by atoms with Crippen LogP contribution >= 0.6 is 0 Å². The molecule has 0 radical (unpaired) electrons. The number of nitrogens with zero attached hydrogens (tertiary/aromatic N) is 2. The van der Waals surface area contributed by atoms with Crippen molar-refractivity contribution in [1.82, 2.24) is 14.5 Å². The zero-order valence-corrected chi connectivity index (χ0v) is 12.7. The summed E-state index contributed by atoms with van der Waals surface area (Å²) in [5, 5.41) is 4.17. The molecular weight excluding hydrogens is 278 g/mol. The van der Waals surface area contributed by atoms with E-state index in [2.05, 4.69) is 9.82 Å². The fraction of sp³-hybridized carbons (Fsp3) is 0.692. The van der Waals surface area contributed by atoms with Gasteiger partial charge in [0.15, 0.2) is 0 Å². The van der Waals surface area contributed by atoms with Crippen LogP contribution in [-0.4, -0.2) is 29.9 Å². The maximum Gasteiger partial charge on any atom is 0.282 e. The molecule has 0 aliphatic heterocycles. The summed E-state index contributed by atoms with van der Waals surface area (Å²) in [6.45, 7) is 3.60. The molecule has 0 unspecified atom stereocenters. The van der Waals surface area contributed by atoms with Gasteiger partial charge in [-0.1, -0.05) is 26.7 Å². The van der Waals surface area contributed by atoms with Gasteiger partial charge in [0.2, 0.25) is 10.0 Å². The normalized spacial score (nSPS) is 16.8. The van der Waals surface area contributed by atoms with E-state index in [1.54, 1.807) is 30.8 Å². The van der Waals surface area contributed by atoms with Crippen LogP contribution in [0.15, 0.2) is 12.3 Å². The van der Waals surface area contributed by atoms with Crippen molar-refractivity contribution in [2.24, 2.45) is 5.92 Å². The zero-order valence-electron chi connectivity index (χ0n) is 11.9. The summed E-state index contributed by atoms with van der Waals surface area (Å²) >= 11 is 0. The standard InChI is InChI=1S/C13H21N3O3S/c1-10(2)9-20(18,19)15-13(17)12-7-8-14-16(12)11-5-3-4-6-11/h7-8,10-11H,3-6,9H2,1-2H3,(H,15,17). The largest absolute Gasteiger partial charge is 0.282 e. The number of hydrogen-bond donors (Lipinski definition) is 1. The van der Waals surface area contributed by atoms with E-state index in [1.807, 2.05) is 0 Å². The van der Waals surface area contributed by atoms with Crippen LogP contribution in [-0.2, 0) is 10.0 Å². The molecule has 2 rings (SSSR count). The molecular formula is C13H21N3O3S. The highest BCUT2D eigenvalue weighted by Gasteiger charge is 2.25. The first-order chi connectivity index (χ1) is 9.39. The lowest BCUT2D eigenvalue weighted by Crippen LogP contribution is -2.35. The quantitative estimate of drug-likeness (QED) is 0.897. The van der Waals surface area contributed by atoms with Crippen LogP contribution in [0.25, 0.3) is 0 Å². The van der Waals surface area contributed by atoms with Gasteiger partial charge in [-0.25, -0.2) is 13.1 Å². The van der Waals surface area contributed by atoms with Crippen LogP contribution in [0, 0.1) is 5.92 Å². The predicted molar refractivity (Wildman–Crippen MR) is 75.8 cm³/mol. The summed E-state index contributed by atoms with van der Waals surface area (Å²) in [5.74, 6) is -0.675. The Labute approximate surface area is 119 Å². The number of amides is 1. The fourth-order valence-corrected chi connectivity index (χ4v) is 3.96. The van der Waals surface area contributed by atoms with E-state index >= 15 is 0 Å². The number of carbonyl (C=O) groups is 1. The van der Waals surface area contributed by atoms with E-state index in [0.717, 1.165) is 25.7 Å². The first kappa shape index (κ1) is 15.0. The summed E-state index contributed by atoms with van der Waals surface area (Å²) < 4.78 is 27.4. The van der Waals surface area contributed by atoms with E-state index in [-0.39, 0.29) is 17.7 Å². The minimum atomic E-state index is -3.59. The van der Waals surface area contributed by atoms with Gasteiger partial charge in [-0.3, -0.25) is 9.48 Å². The van der Waals surface area contributed by atoms with Crippen LogP contribution in [0.3, 0.4) is 0 Å². The Bertz CT molecular complexity index is 571. The second-order valence-corrected chi connectivity index (χ2v) is 7.47. The Morgan fingerprint density at radius 1 is 1.45 bits per heavy atom. The molecule has 1 aliphatic rings. The lowest BCUT2D eigenvalue weighted by Gasteiger charge is -2.14. The van der Waals surface area contributed by atoms with Crippen LogP contribution in [0.2, 0.25) is 0 Å². The third-order valence-corrected chi connectivity index (χ3v) is 4.98. The Hall–Kier alpha value is -1.37. The number of carbonyl (C=O) groups excluding carboxylic acids is 1. The minimum Gasteiger partial charge on any atom is -0.266 e. The van der Waals surface area contributed by atoms with Gasteiger partial charge in [0, 0.05) is 6.20 Å². The smallest absolute Gasteiger partial charge is 0.266 e. The molecule has 1 aliphatic carbocycles. The molecule has 1 aromatic rings. The van der Waals surface area contributed by atoms with Crippen molar-refractivity contribution in [3.63, 3.8) is 0 Å². The van der Waals surface area contributed by atoms with E-state index in [1.165, 1.54) is 0 Å². The second-order valence-electron chi connectivity index (χ2n) is 5.71. The van der Waals surface area contributed by atoms with Gasteiger partial charge in [-0.15, -0.1) is 0 Å². The number of aromatic nitrogens is 2. The molecule has 0 saturated heterocycles. The zero-order chi connectivity index (χ0) is 14.8. The SMILES string of the molecule is CC(C)CS(=O)(=O)NC(=O)c1ccnn1C1CCCC1. The van der Waals surface area contributed by atoms with Gasteiger partial charge in [-0.05, 0) is 24.8 Å². The highest BCUT2D eigenvalue weighted by Crippen LogP contribution is 2.29. The van der Waals surface area contributed by atoms with Crippen LogP contribution in [0.1, 0.15) is 56.1 Å². The molecule has 1 heterocycles. The number of nitrogens with one attached hydrogen (secondary N) is 1. The molecule has 0 spiro atoms. The monoisotopic (exact) mass is 299 g/mol. The third-order valence-electron chi connectivity index (χ3n) is 3.37. The van der Waals surface area contributed by atoms with Gasteiger partial charge in [0.05, 0.1) is 11.8 Å². The Morgan fingerprint density at radius 3 is 2.70 bits per heavy atom. The van der Waals surface area contributed by atoms with E-state index in [0.29, 0.717) is 5.69 Å². The van der Waals surface area contributed by atoms with Crippen molar-refractivity contribution in [3.8, 4) is 0 Å². The fourth-order valence-electron chi connectivity index (χ4n) is 2.61. The summed E-state index contributed by atoms with van der Waals surface area (Å²) in [6, 6.07) is 1.77. The maximum atomic E-state index is 12.1. The third kappa shape index (κ3) is 3.59. The highest BCUT2D eigenvalue weighted by atomic mass is 32.2. The molecule has 0 atom stereocenters. The molecule has 1 amide bonds. The molecule has 0 bridgehead atoms. The first-order valence-corrected chi connectivity index (χ1v) is 8.62. The van der Waals surface area contributed by atoms with Crippen LogP contribution < -0.4 is 4.72 Å². The lowest BCUT2D eigenvalue weighted by atomic mass is 10.2.